The number of hydrazine groups is 1. The van der Waals surface area contributed by atoms with Crippen LogP contribution in [-0.2, 0) is 14.9 Å². The second-order valence-corrected chi connectivity index (χ2v) is 7.58. The molecule has 0 amide bonds. The van der Waals surface area contributed by atoms with E-state index in [1.54, 1.807) is 44.3 Å². The average Bonchev–Trinajstić information content (AvgIpc) is 2.35. The molecule has 0 fully saturated rings. The fraction of sp³-hybridized carbons (Fsp3) is 0.333. The zero-order chi connectivity index (χ0) is 17.8. The van der Waals surface area contributed by atoms with Gasteiger partial charge < -0.3 is 9.75 Å². The van der Waals surface area contributed by atoms with E-state index in [9.17, 15) is 8.42 Å². The van der Waals surface area contributed by atoms with E-state index in [-0.39, 0.29) is 4.90 Å². The molecule has 0 unspecified atom stereocenters. The molecule has 1 aliphatic rings. The van der Waals surface area contributed by atoms with Gasteiger partial charge in [0, 0.05) is 4.48 Å². The van der Waals surface area contributed by atoms with E-state index in [4.69, 9.17) is 15.1 Å². The zero-order valence-electron chi connectivity index (χ0n) is 13.5. The standard InChI is InChI=1S/C9H12O3S.C6H9BrN2O/c1-6-4-7(2)9(8(3)5-6)13(10,11)12;1-10-6-2-5(7)3-9(8)4-6/h4-5H,1-3H3,(H,10,11,12);2,4H,3,8H2,1H3. The van der Waals surface area contributed by atoms with Crippen LogP contribution in [0.25, 0.3) is 0 Å². The SMILES string of the molecule is COC1=CN(N)CC(Br)=C1.Cc1cc(C)c(S(=O)(=O)O)c(C)c1. The Balaban J connectivity index is 0.000000238. The molecule has 0 saturated carbocycles. The van der Waals surface area contributed by atoms with Crippen LogP contribution >= 0.6 is 15.9 Å². The Hall–Kier alpha value is -1.35. The quantitative estimate of drug-likeness (QED) is 0.581. The highest BCUT2D eigenvalue weighted by Crippen LogP contribution is 2.21. The van der Waals surface area contributed by atoms with Crippen molar-refractivity contribution in [3.05, 3.63) is 51.3 Å². The van der Waals surface area contributed by atoms with Crippen molar-refractivity contribution < 1.29 is 17.7 Å². The fourth-order valence-electron chi connectivity index (χ4n) is 2.31. The van der Waals surface area contributed by atoms with E-state index < -0.39 is 10.1 Å². The fourth-order valence-corrected chi connectivity index (χ4v) is 3.75. The summed E-state index contributed by atoms with van der Waals surface area (Å²) >= 11 is 3.33. The van der Waals surface area contributed by atoms with E-state index in [1.165, 1.54) is 0 Å². The predicted octanol–water partition coefficient (Wildman–Crippen LogP) is 2.80. The Morgan fingerprint density at radius 2 is 1.78 bits per heavy atom. The van der Waals surface area contributed by atoms with Gasteiger partial charge in [-0.15, -0.1) is 0 Å². The first-order valence-corrected chi connectivity index (χ1v) is 8.96. The molecule has 0 aromatic heterocycles. The van der Waals surface area contributed by atoms with Crippen molar-refractivity contribution in [2.24, 2.45) is 5.84 Å². The summed E-state index contributed by atoms with van der Waals surface area (Å²) in [5.74, 6) is 6.26. The Morgan fingerprint density at radius 1 is 1.26 bits per heavy atom. The molecule has 0 spiro atoms. The number of rotatable bonds is 2. The van der Waals surface area contributed by atoms with E-state index in [2.05, 4.69) is 15.9 Å². The minimum absolute atomic E-state index is 0.0260. The molecule has 1 aliphatic heterocycles. The molecule has 1 aromatic rings. The summed E-state index contributed by atoms with van der Waals surface area (Å²) < 4.78 is 36.8. The monoisotopic (exact) mass is 404 g/mol. The normalized spacial score (nSPS) is 14.5. The third kappa shape index (κ3) is 5.98. The lowest BCUT2D eigenvalue weighted by Gasteiger charge is -2.18. The molecule has 0 aliphatic carbocycles. The maximum absolute atomic E-state index is 10.9. The number of hydrogen-bond donors (Lipinski definition) is 2. The van der Waals surface area contributed by atoms with Crippen molar-refractivity contribution in [3.8, 4) is 0 Å². The summed E-state index contributed by atoms with van der Waals surface area (Å²) in [5, 5.41) is 1.56. The number of nitrogens with two attached hydrogens (primary N) is 1. The highest BCUT2D eigenvalue weighted by atomic mass is 79.9. The molecule has 128 valence electrons. The van der Waals surface area contributed by atoms with Crippen LogP contribution in [0.1, 0.15) is 16.7 Å². The molecule has 8 heteroatoms. The average molecular weight is 405 g/mol. The topological polar surface area (TPSA) is 92.9 Å². The lowest BCUT2D eigenvalue weighted by molar-refractivity contribution is 0.283. The molecular weight excluding hydrogens is 384 g/mol. The van der Waals surface area contributed by atoms with Crippen LogP contribution in [-0.4, -0.2) is 31.6 Å². The smallest absolute Gasteiger partial charge is 0.295 e. The maximum Gasteiger partial charge on any atom is 0.295 e. The van der Waals surface area contributed by atoms with Crippen molar-refractivity contribution in [1.29, 1.82) is 0 Å². The first kappa shape index (κ1) is 19.7. The summed E-state index contributed by atoms with van der Waals surface area (Å²) in [7, 11) is -2.47. The van der Waals surface area contributed by atoms with E-state index in [1.807, 2.05) is 13.0 Å². The van der Waals surface area contributed by atoms with Gasteiger partial charge in [-0.25, -0.2) is 5.84 Å². The van der Waals surface area contributed by atoms with Crippen LogP contribution in [0.2, 0.25) is 0 Å². The zero-order valence-corrected chi connectivity index (χ0v) is 15.9. The van der Waals surface area contributed by atoms with Crippen molar-refractivity contribution >= 4 is 26.0 Å². The van der Waals surface area contributed by atoms with Crippen molar-refractivity contribution in [3.63, 3.8) is 0 Å². The molecule has 23 heavy (non-hydrogen) atoms. The first-order valence-electron chi connectivity index (χ1n) is 6.73. The van der Waals surface area contributed by atoms with Crippen LogP contribution in [0.3, 0.4) is 0 Å². The number of nitrogens with zero attached hydrogens (tertiary/aromatic N) is 1. The molecule has 6 nitrogen and oxygen atoms in total. The number of halogens is 1. The number of methoxy groups -OCH3 is 1. The number of hydrogen-bond acceptors (Lipinski definition) is 5. The Kier molecular flexibility index (Phi) is 6.82. The molecular formula is C15H21BrN2O4S. The molecule has 1 heterocycles. The van der Waals surface area contributed by atoms with Gasteiger partial charge in [-0.3, -0.25) is 4.55 Å². The van der Waals surface area contributed by atoms with Gasteiger partial charge in [0.15, 0.2) is 0 Å². The van der Waals surface area contributed by atoms with Crippen LogP contribution in [0.5, 0.6) is 0 Å². The van der Waals surface area contributed by atoms with Gasteiger partial charge in [-0.1, -0.05) is 33.6 Å². The molecule has 3 N–H and O–H groups in total. The van der Waals surface area contributed by atoms with E-state index in [0.29, 0.717) is 17.7 Å². The van der Waals surface area contributed by atoms with Crippen molar-refractivity contribution in [2.45, 2.75) is 25.7 Å². The highest BCUT2D eigenvalue weighted by Gasteiger charge is 2.16. The van der Waals surface area contributed by atoms with Gasteiger partial charge in [0.2, 0.25) is 0 Å². The lowest BCUT2D eigenvalue weighted by atomic mass is 10.1. The predicted molar refractivity (Wildman–Crippen MR) is 93.5 cm³/mol. The lowest BCUT2D eigenvalue weighted by Crippen LogP contribution is -2.28. The highest BCUT2D eigenvalue weighted by molar-refractivity contribution is 9.11. The Bertz CT molecular complexity index is 719. The van der Waals surface area contributed by atoms with E-state index in [0.717, 1.165) is 15.8 Å². The molecule has 0 radical (unpaired) electrons. The molecule has 0 saturated heterocycles. The van der Waals surface area contributed by atoms with Gasteiger partial charge >= 0.3 is 0 Å². The van der Waals surface area contributed by atoms with Crippen LogP contribution in [0.15, 0.2) is 39.5 Å². The largest absolute Gasteiger partial charge is 0.495 e. The van der Waals surface area contributed by atoms with Crippen molar-refractivity contribution in [2.75, 3.05) is 13.7 Å². The Labute approximate surface area is 145 Å². The minimum Gasteiger partial charge on any atom is -0.495 e. The summed E-state index contributed by atoms with van der Waals surface area (Å²) in [5.41, 5.74) is 2.16. The summed E-state index contributed by atoms with van der Waals surface area (Å²) in [6.45, 7) is 5.92. The van der Waals surface area contributed by atoms with Gasteiger partial charge in [0.1, 0.15) is 5.76 Å². The first-order chi connectivity index (χ1) is 10.5. The maximum atomic E-state index is 10.9. The second kappa shape index (κ2) is 7.96. The third-order valence-electron chi connectivity index (χ3n) is 3.02. The number of allylic oxidation sites excluding steroid dienone is 1. The van der Waals surface area contributed by atoms with E-state index >= 15 is 0 Å². The number of aryl methyl sites for hydroxylation is 3. The molecule has 2 rings (SSSR count). The van der Waals surface area contributed by atoms with Gasteiger partial charge in [0.05, 0.1) is 24.7 Å². The van der Waals surface area contributed by atoms with Crippen molar-refractivity contribution in [1.82, 2.24) is 5.01 Å². The second-order valence-electron chi connectivity index (χ2n) is 5.20. The third-order valence-corrected chi connectivity index (χ3v) is 4.66. The Morgan fingerprint density at radius 3 is 2.17 bits per heavy atom. The van der Waals surface area contributed by atoms with Gasteiger partial charge in [0.25, 0.3) is 10.1 Å². The summed E-state index contributed by atoms with van der Waals surface area (Å²) in [6.07, 6.45) is 3.63. The van der Waals surface area contributed by atoms with Crippen LogP contribution < -0.4 is 5.84 Å². The minimum atomic E-state index is -4.08. The molecule has 1 aromatic carbocycles. The number of benzene rings is 1. The van der Waals surface area contributed by atoms with Crippen LogP contribution in [0, 0.1) is 20.8 Å². The summed E-state index contributed by atoms with van der Waals surface area (Å²) in [6, 6.07) is 3.46. The van der Waals surface area contributed by atoms with Gasteiger partial charge in [-0.2, -0.15) is 8.42 Å². The molecule has 0 bridgehead atoms. The number of ether oxygens (including phenoxy) is 1. The van der Waals surface area contributed by atoms with Crippen LogP contribution in [0.4, 0.5) is 0 Å². The summed E-state index contributed by atoms with van der Waals surface area (Å²) in [4.78, 5) is 0.0260. The molecule has 0 atom stereocenters. The van der Waals surface area contributed by atoms with Gasteiger partial charge in [-0.05, 0) is 38.0 Å².